The van der Waals surface area contributed by atoms with E-state index in [1.807, 2.05) is 61.1 Å². The summed E-state index contributed by atoms with van der Waals surface area (Å²) in [7, 11) is 1.96. The van der Waals surface area contributed by atoms with E-state index in [-0.39, 0.29) is 12.8 Å². The summed E-state index contributed by atoms with van der Waals surface area (Å²) in [5.74, 6) is -0.402. The average Bonchev–Trinajstić information content (AvgIpc) is 2.84. The van der Waals surface area contributed by atoms with Gasteiger partial charge in [0, 0.05) is 11.5 Å². The third kappa shape index (κ3) is 4.05. The highest BCUT2D eigenvalue weighted by atomic mass is 19.4. The maximum absolute atomic E-state index is 13.7. The molecular weight excluding hydrogens is 500 g/mol. The molecule has 3 aromatic carbocycles. The lowest BCUT2D eigenvalue weighted by Gasteiger charge is -2.42. The van der Waals surface area contributed by atoms with Gasteiger partial charge in [-0.05, 0) is 92.0 Å². The van der Waals surface area contributed by atoms with Gasteiger partial charge in [0.1, 0.15) is 7.05 Å². The number of aromatic nitrogens is 1. The molecule has 1 aliphatic carbocycles. The molecular formula is C31H30F6N+. The van der Waals surface area contributed by atoms with Crippen LogP contribution < -0.4 is 4.57 Å². The van der Waals surface area contributed by atoms with Crippen LogP contribution in [0.15, 0.2) is 54.7 Å². The Hall–Kier alpha value is -3.09. The van der Waals surface area contributed by atoms with Gasteiger partial charge in [0.25, 0.3) is 0 Å². The van der Waals surface area contributed by atoms with Crippen molar-refractivity contribution >= 4 is 21.5 Å². The van der Waals surface area contributed by atoms with E-state index >= 15 is 0 Å². The molecule has 0 aliphatic heterocycles. The summed E-state index contributed by atoms with van der Waals surface area (Å²) in [6.07, 6.45) is -10.9. The van der Waals surface area contributed by atoms with Gasteiger partial charge in [0.15, 0.2) is 11.6 Å². The van der Waals surface area contributed by atoms with Crippen LogP contribution in [0.4, 0.5) is 26.3 Å². The second-order valence-corrected chi connectivity index (χ2v) is 10.9. The van der Waals surface area contributed by atoms with Crippen LogP contribution in [0.25, 0.3) is 32.8 Å². The van der Waals surface area contributed by atoms with E-state index in [1.165, 1.54) is 0 Å². The minimum absolute atomic E-state index is 0.175. The Balaban J connectivity index is 1.72. The molecule has 0 radical (unpaired) electrons. The van der Waals surface area contributed by atoms with Crippen molar-refractivity contribution in [2.24, 2.45) is 12.5 Å². The summed E-state index contributed by atoms with van der Waals surface area (Å²) in [5, 5.41) is 3.79. The summed E-state index contributed by atoms with van der Waals surface area (Å²) in [5.41, 5.74) is 2.62. The Morgan fingerprint density at radius 3 is 1.95 bits per heavy atom. The monoisotopic (exact) mass is 530 g/mol. The van der Waals surface area contributed by atoms with E-state index in [4.69, 9.17) is 0 Å². The lowest BCUT2D eigenvalue weighted by atomic mass is 9.67. The summed E-state index contributed by atoms with van der Waals surface area (Å²) >= 11 is 0. The Morgan fingerprint density at radius 1 is 0.763 bits per heavy atom. The zero-order chi connectivity index (χ0) is 27.6. The van der Waals surface area contributed by atoms with Gasteiger partial charge >= 0.3 is 12.4 Å². The molecule has 1 saturated carbocycles. The van der Waals surface area contributed by atoms with Crippen LogP contribution in [-0.2, 0) is 7.05 Å². The van der Waals surface area contributed by atoms with Crippen LogP contribution in [0, 0.1) is 26.2 Å². The summed E-state index contributed by atoms with van der Waals surface area (Å²) in [6, 6.07) is 16.0. The molecule has 5 rings (SSSR count). The van der Waals surface area contributed by atoms with E-state index in [0.717, 1.165) is 55.1 Å². The van der Waals surface area contributed by atoms with Gasteiger partial charge < -0.3 is 0 Å². The Labute approximate surface area is 218 Å². The zero-order valence-corrected chi connectivity index (χ0v) is 21.8. The SMILES string of the molecule is Cc1cc(C)c(C)c(-c2c3cc(C4CCC(C(F)(F)F)(C(F)(F)F)CC4)c4ccccc4c3cc[n+]2C)c1. The molecule has 0 unspecified atom stereocenters. The van der Waals surface area contributed by atoms with Gasteiger partial charge in [-0.25, -0.2) is 4.57 Å². The average molecular weight is 531 g/mol. The fourth-order valence-electron chi connectivity index (χ4n) is 6.36. The van der Waals surface area contributed by atoms with E-state index < -0.39 is 36.5 Å². The van der Waals surface area contributed by atoms with Crippen LogP contribution in [0.2, 0.25) is 0 Å². The molecule has 1 aromatic heterocycles. The molecule has 0 amide bonds. The highest BCUT2D eigenvalue weighted by Gasteiger charge is 2.70. The fraction of sp³-hybridized carbons (Fsp3) is 0.387. The number of hydrogen-bond donors (Lipinski definition) is 0. The third-order valence-corrected chi connectivity index (χ3v) is 8.62. The van der Waals surface area contributed by atoms with Crippen molar-refractivity contribution in [1.82, 2.24) is 0 Å². The lowest BCUT2D eigenvalue weighted by Crippen LogP contribution is -2.51. The Bertz CT molecular complexity index is 1520. The van der Waals surface area contributed by atoms with Crippen molar-refractivity contribution in [2.75, 3.05) is 0 Å². The molecule has 1 fully saturated rings. The van der Waals surface area contributed by atoms with Crippen molar-refractivity contribution < 1.29 is 30.9 Å². The molecule has 0 N–H and O–H groups in total. The molecule has 0 saturated heterocycles. The minimum Gasteiger partial charge on any atom is -0.200 e. The number of pyridine rings is 1. The Kier molecular flexibility index (Phi) is 6.27. The number of alkyl halides is 6. The van der Waals surface area contributed by atoms with Crippen LogP contribution in [0.1, 0.15) is 53.9 Å². The van der Waals surface area contributed by atoms with E-state index in [1.54, 1.807) is 0 Å². The maximum atomic E-state index is 13.7. The molecule has 1 heterocycles. The maximum Gasteiger partial charge on any atom is 0.403 e. The first-order chi connectivity index (χ1) is 17.7. The predicted octanol–water partition coefficient (Wildman–Crippen LogP) is 9.18. The van der Waals surface area contributed by atoms with Gasteiger partial charge in [-0.3, -0.25) is 0 Å². The Morgan fingerprint density at radius 2 is 1.34 bits per heavy atom. The summed E-state index contributed by atoms with van der Waals surface area (Å²) in [4.78, 5) is 0. The molecule has 0 spiro atoms. The predicted molar refractivity (Wildman–Crippen MR) is 138 cm³/mol. The second-order valence-electron chi connectivity index (χ2n) is 10.9. The summed E-state index contributed by atoms with van der Waals surface area (Å²) in [6.45, 7) is 6.17. The molecule has 0 bridgehead atoms. The molecule has 200 valence electrons. The third-order valence-electron chi connectivity index (χ3n) is 8.62. The van der Waals surface area contributed by atoms with Crippen molar-refractivity contribution in [3.8, 4) is 11.3 Å². The minimum atomic E-state index is -5.33. The quantitative estimate of drug-likeness (QED) is 0.138. The van der Waals surface area contributed by atoms with Gasteiger partial charge in [-0.1, -0.05) is 35.9 Å². The number of benzene rings is 3. The number of aryl methyl sites for hydroxylation is 3. The van der Waals surface area contributed by atoms with Crippen molar-refractivity contribution in [3.05, 3.63) is 77.0 Å². The normalized spacial score (nSPS) is 16.9. The van der Waals surface area contributed by atoms with E-state index in [2.05, 4.69) is 26.0 Å². The van der Waals surface area contributed by atoms with E-state index in [0.29, 0.717) is 0 Å². The number of nitrogens with zero attached hydrogens (tertiary/aromatic N) is 1. The van der Waals surface area contributed by atoms with Crippen LogP contribution in [0.5, 0.6) is 0 Å². The lowest BCUT2D eigenvalue weighted by molar-refractivity contribution is -0.659. The van der Waals surface area contributed by atoms with Crippen molar-refractivity contribution in [2.45, 2.75) is 64.7 Å². The molecule has 7 heteroatoms. The molecule has 4 aromatic rings. The molecule has 1 nitrogen and oxygen atoms in total. The summed E-state index contributed by atoms with van der Waals surface area (Å²) < 4.78 is 84.5. The number of rotatable bonds is 2. The smallest absolute Gasteiger partial charge is 0.200 e. The second kappa shape index (κ2) is 8.99. The van der Waals surface area contributed by atoms with Crippen molar-refractivity contribution in [3.63, 3.8) is 0 Å². The van der Waals surface area contributed by atoms with Crippen LogP contribution >= 0.6 is 0 Å². The number of fused-ring (bicyclic) bond motifs is 3. The van der Waals surface area contributed by atoms with Crippen molar-refractivity contribution in [1.29, 1.82) is 0 Å². The molecule has 38 heavy (non-hydrogen) atoms. The standard InChI is InChI=1S/C31H30F6N/c1-18-15-19(2)20(3)25(16-18)28-27-17-26(23-8-6-5-7-22(23)24(27)11-14-38(28)4)21-9-12-29(13-10-21,30(32,33)34)31(35,36)37/h5-8,11,14-17,21H,9-10,12-13H2,1-4H3/q+1. The topological polar surface area (TPSA) is 3.88 Å². The number of hydrogen-bond acceptors (Lipinski definition) is 0. The fourth-order valence-corrected chi connectivity index (χ4v) is 6.36. The molecule has 1 aliphatic rings. The first kappa shape index (κ1) is 26.5. The van der Waals surface area contributed by atoms with Gasteiger partial charge in [0.2, 0.25) is 5.69 Å². The first-order valence-corrected chi connectivity index (χ1v) is 12.8. The van der Waals surface area contributed by atoms with Crippen LogP contribution in [0.3, 0.4) is 0 Å². The highest BCUT2D eigenvalue weighted by Crippen LogP contribution is 2.60. The first-order valence-electron chi connectivity index (χ1n) is 12.8. The zero-order valence-electron chi connectivity index (χ0n) is 21.8. The van der Waals surface area contributed by atoms with E-state index in [9.17, 15) is 26.3 Å². The van der Waals surface area contributed by atoms with Gasteiger partial charge in [-0.15, -0.1) is 0 Å². The number of halogens is 6. The highest BCUT2D eigenvalue weighted by molar-refractivity contribution is 6.12. The van der Waals surface area contributed by atoms with Gasteiger partial charge in [0.05, 0.1) is 10.9 Å². The van der Waals surface area contributed by atoms with Crippen LogP contribution in [-0.4, -0.2) is 12.4 Å². The largest absolute Gasteiger partial charge is 0.403 e. The molecule has 0 atom stereocenters. The van der Waals surface area contributed by atoms with Gasteiger partial charge in [-0.2, -0.15) is 26.3 Å².